The fourth-order valence-electron chi connectivity index (χ4n) is 2.60. The van der Waals surface area contributed by atoms with Crippen molar-refractivity contribution in [1.82, 2.24) is 9.80 Å². The molecule has 0 aromatic rings. The minimum atomic E-state index is -0.409. The summed E-state index contributed by atoms with van der Waals surface area (Å²) < 4.78 is 5.38. The number of hydrogen-bond acceptors (Lipinski definition) is 4. The maximum Gasteiger partial charge on any atom is 0.410 e. The van der Waals surface area contributed by atoms with E-state index in [1.165, 1.54) is 0 Å². The molecule has 0 aliphatic carbocycles. The molecule has 2 unspecified atom stereocenters. The Morgan fingerprint density at radius 2 is 2.12 bits per heavy atom. The number of rotatable bonds is 1. The minimum absolute atomic E-state index is 0.187. The number of ether oxygens (including phenoxy) is 1. The van der Waals surface area contributed by atoms with Crippen molar-refractivity contribution in [3.05, 3.63) is 0 Å². The van der Waals surface area contributed by atoms with E-state index in [9.17, 15) is 4.79 Å². The largest absolute Gasteiger partial charge is 0.444 e. The van der Waals surface area contributed by atoms with Gasteiger partial charge in [0.25, 0.3) is 0 Å². The third kappa shape index (κ3) is 2.72. The highest BCUT2D eigenvalue weighted by molar-refractivity contribution is 5.68. The number of nitrogens with zero attached hydrogens (tertiary/aromatic N) is 2. The molecule has 0 radical (unpaired) electrons. The van der Waals surface area contributed by atoms with Crippen molar-refractivity contribution in [2.24, 2.45) is 5.73 Å². The first-order chi connectivity index (χ1) is 7.90. The molecular weight excluding hydrogens is 218 g/mol. The van der Waals surface area contributed by atoms with Crippen molar-refractivity contribution in [2.45, 2.75) is 44.9 Å². The molecule has 17 heavy (non-hydrogen) atoms. The number of fused-ring (bicyclic) bond motifs is 1. The first-order valence-corrected chi connectivity index (χ1v) is 6.34. The maximum atomic E-state index is 11.9. The summed E-state index contributed by atoms with van der Waals surface area (Å²) in [7, 11) is 0. The predicted molar refractivity (Wildman–Crippen MR) is 65.8 cm³/mol. The summed E-state index contributed by atoms with van der Waals surface area (Å²) >= 11 is 0. The molecule has 5 nitrogen and oxygen atoms in total. The summed E-state index contributed by atoms with van der Waals surface area (Å²) in [6, 6.07) is 1.02. The molecular formula is C12H23N3O2. The summed E-state index contributed by atoms with van der Waals surface area (Å²) in [6.45, 7) is 8.88. The Morgan fingerprint density at radius 1 is 1.41 bits per heavy atom. The van der Waals surface area contributed by atoms with Crippen LogP contribution in [-0.2, 0) is 4.74 Å². The molecule has 2 rings (SSSR count). The normalized spacial score (nSPS) is 29.5. The predicted octanol–water partition coefficient (Wildman–Crippen LogP) is 0.639. The van der Waals surface area contributed by atoms with Crippen molar-refractivity contribution < 1.29 is 9.53 Å². The Labute approximate surface area is 103 Å². The molecule has 2 saturated heterocycles. The van der Waals surface area contributed by atoms with Gasteiger partial charge in [-0.05, 0) is 27.2 Å². The second-order valence-corrected chi connectivity index (χ2v) is 5.94. The van der Waals surface area contributed by atoms with Crippen molar-refractivity contribution >= 4 is 6.09 Å². The van der Waals surface area contributed by atoms with Crippen LogP contribution in [0.5, 0.6) is 0 Å². The van der Waals surface area contributed by atoms with Gasteiger partial charge in [-0.3, -0.25) is 4.90 Å². The van der Waals surface area contributed by atoms with E-state index in [1.807, 2.05) is 25.7 Å². The number of piperazine rings is 1. The monoisotopic (exact) mass is 241 g/mol. The standard InChI is InChI=1S/C12H23N3O2/c1-12(2,3)17-11(16)14-4-5-15-9(7-13)6-10(15)8-14/h9-10H,4-8,13H2,1-3H3. The molecule has 5 heteroatoms. The number of hydrogen-bond donors (Lipinski definition) is 1. The summed E-state index contributed by atoms with van der Waals surface area (Å²) in [5, 5.41) is 0. The molecule has 2 aliphatic heterocycles. The van der Waals surface area contributed by atoms with E-state index < -0.39 is 5.60 Å². The van der Waals surface area contributed by atoms with Gasteiger partial charge in [0.05, 0.1) is 0 Å². The lowest BCUT2D eigenvalue weighted by molar-refractivity contribution is -0.0498. The van der Waals surface area contributed by atoms with Crippen molar-refractivity contribution in [1.29, 1.82) is 0 Å². The lowest BCUT2D eigenvalue weighted by Gasteiger charge is -2.53. The Morgan fingerprint density at radius 3 is 2.65 bits per heavy atom. The van der Waals surface area contributed by atoms with E-state index in [1.54, 1.807) is 0 Å². The van der Waals surface area contributed by atoms with E-state index in [4.69, 9.17) is 10.5 Å². The Kier molecular flexibility index (Phi) is 3.32. The Bertz CT molecular complexity index is 301. The Balaban J connectivity index is 1.84. The van der Waals surface area contributed by atoms with Crippen LogP contribution in [0.4, 0.5) is 4.79 Å². The summed E-state index contributed by atoms with van der Waals surface area (Å²) in [6.07, 6.45) is 0.920. The van der Waals surface area contributed by atoms with Gasteiger partial charge in [-0.15, -0.1) is 0 Å². The van der Waals surface area contributed by atoms with Crippen molar-refractivity contribution in [3.8, 4) is 0 Å². The van der Waals surface area contributed by atoms with Crippen LogP contribution in [-0.4, -0.2) is 59.8 Å². The SMILES string of the molecule is CC(C)(C)OC(=O)N1CCN2C(CN)CC2C1. The van der Waals surface area contributed by atoms with Gasteiger partial charge in [-0.25, -0.2) is 4.79 Å². The molecule has 0 saturated carbocycles. The van der Waals surface area contributed by atoms with E-state index in [0.717, 1.165) is 32.6 Å². The van der Waals surface area contributed by atoms with Crippen LogP contribution >= 0.6 is 0 Å². The molecule has 2 atom stereocenters. The van der Waals surface area contributed by atoms with E-state index in [2.05, 4.69) is 4.90 Å². The molecule has 0 spiro atoms. The minimum Gasteiger partial charge on any atom is -0.444 e. The van der Waals surface area contributed by atoms with Gasteiger partial charge in [0.1, 0.15) is 5.60 Å². The van der Waals surface area contributed by atoms with Crippen LogP contribution in [0.25, 0.3) is 0 Å². The second-order valence-electron chi connectivity index (χ2n) is 5.94. The highest BCUT2D eigenvalue weighted by atomic mass is 16.6. The van der Waals surface area contributed by atoms with Crippen molar-refractivity contribution in [3.63, 3.8) is 0 Å². The third-order valence-corrected chi connectivity index (χ3v) is 3.47. The van der Waals surface area contributed by atoms with Crippen LogP contribution in [0.2, 0.25) is 0 Å². The first-order valence-electron chi connectivity index (χ1n) is 6.34. The zero-order chi connectivity index (χ0) is 12.6. The summed E-state index contributed by atoms with van der Waals surface area (Å²) in [4.78, 5) is 16.1. The van der Waals surface area contributed by atoms with Crippen LogP contribution in [0.1, 0.15) is 27.2 Å². The van der Waals surface area contributed by atoms with Gasteiger partial charge in [0.2, 0.25) is 0 Å². The molecule has 0 aromatic carbocycles. The van der Waals surface area contributed by atoms with Gasteiger partial charge in [-0.1, -0.05) is 0 Å². The molecule has 2 N–H and O–H groups in total. The lowest BCUT2D eigenvalue weighted by atomic mass is 9.90. The number of nitrogens with two attached hydrogens (primary N) is 1. The highest BCUT2D eigenvalue weighted by Crippen LogP contribution is 2.29. The van der Waals surface area contributed by atoms with Crippen LogP contribution in [0, 0.1) is 0 Å². The smallest absolute Gasteiger partial charge is 0.410 e. The second kappa shape index (κ2) is 4.46. The molecule has 98 valence electrons. The Hall–Kier alpha value is -0.810. The topological polar surface area (TPSA) is 58.8 Å². The van der Waals surface area contributed by atoms with E-state index in [-0.39, 0.29) is 6.09 Å². The van der Waals surface area contributed by atoms with E-state index >= 15 is 0 Å². The first kappa shape index (κ1) is 12.6. The van der Waals surface area contributed by atoms with Gasteiger partial charge in [0, 0.05) is 38.3 Å². The molecule has 2 fully saturated rings. The van der Waals surface area contributed by atoms with Gasteiger partial charge < -0.3 is 15.4 Å². The zero-order valence-electron chi connectivity index (χ0n) is 11.0. The van der Waals surface area contributed by atoms with E-state index in [0.29, 0.717) is 12.1 Å². The summed E-state index contributed by atoms with van der Waals surface area (Å²) in [5.41, 5.74) is 5.26. The van der Waals surface area contributed by atoms with Gasteiger partial charge in [0.15, 0.2) is 0 Å². The zero-order valence-corrected chi connectivity index (χ0v) is 11.0. The molecule has 2 aliphatic rings. The fourth-order valence-corrected chi connectivity index (χ4v) is 2.60. The highest BCUT2D eigenvalue weighted by Gasteiger charge is 2.42. The summed E-state index contributed by atoms with van der Waals surface area (Å²) in [5.74, 6) is 0. The van der Waals surface area contributed by atoms with Crippen molar-refractivity contribution in [2.75, 3.05) is 26.2 Å². The van der Waals surface area contributed by atoms with Crippen LogP contribution in [0.3, 0.4) is 0 Å². The quantitative estimate of drug-likeness (QED) is 0.732. The molecule has 1 amide bonds. The van der Waals surface area contributed by atoms with Gasteiger partial charge in [-0.2, -0.15) is 0 Å². The number of carbonyl (C=O) groups is 1. The third-order valence-electron chi connectivity index (χ3n) is 3.47. The molecule has 0 aromatic heterocycles. The molecule has 0 bridgehead atoms. The number of carbonyl (C=O) groups excluding carboxylic acids is 1. The van der Waals surface area contributed by atoms with Crippen LogP contribution < -0.4 is 5.73 Å². The maximum absolute atomic E-state index is 11.9. The molecule has 2 heterocycles. The fraction of sp³-hybridized carbons (Fsp3) is 0.917. The average molecular weight is 241 g/mol. The van der Waals surface area contributed by atoms with Crippen LogP contribution in [0.15, 0.2) is 0 Å². The average Bonchev–Trinajstić information content (AvgIpc) is 2.17. The van der Waals surface area contributed by atoms with Gasteiger partial charge >= 0.3 is 6.09 Å². The lowest BCUT2D eigenvalue weighted by Crippen LogP contribution is -2.67. The number of amides is 1.